The van der Waals surface area contributed by atoms with Gasteiger partial charge in [0.15, 0.2) is 5.78 Å². The number of carbonyl (C=O) groups is 7. The summed E-state index contributed by atoms with van der Waals surface area (Å²) in [7, 11) is 0. The average molecular weight is 1460 g/mol. The van der Waals surface area contributed by atoms with E-state index in [1.807, 2.05) is 60.7 Å². The quantitative estimate of drug-likeness (QED) is 0.00762. The van der Waals surface area contributed by atoms with E-state index in [-0.39, 0.29) is 138 Å². The predicted octanol–water partition coefficient (Wildman–Crippen LogP) is -4.58. The summed E-state index contributed by atoms with van der Waals surface area (Å²) in [6.07, 6.45) is -11.6. The second kappa shape index (κ2) is 44.2. The van der Waals surface area contributed by atoms with Gasteiger partial charge in [-0.25, -0.2) is 6.29 Å². The van der Waals surface area contributed by atoms with Crippen LogP contribution in [0.3, 0.4) is 0 Å². The van der Waals surface area contributed by atoms with Crippen molar-refractivity contribution in [2.75, 3.05) is 69.0 Å². The van der Waals surface area contributed by atoms with Crippen LogP contribution in [-0.2, 0) is 38.1 Å². The number of thioether (sulfide) groups is 2. The third-order valence-electron chi connectivity index (χ3n) is 16.2. The van der Waals surface area contributed by atoms with E-state index >= 15 is 0 Å². The minimum atomic E-state index is -2.61. The molecule has 12 atom stereocenters. The number of carboxylic acids is 1. The number of benzene rings is 5. The van der Waals surface area contributed by atoms with E-state index in [1.54, 1.807) is 54.8 Å². The van der Waals surface area contributed by atoms with E-state index in [0.29, 0.717) is 48.8 Å². The van der Waals surface area contributed by atoms with Gasteiger partial charge in [-0.15, -0.1) is 0 Å². The topological polar surface area (TPSA) is 443 Å². The first-order valence-electron chi connectivity index (χ1n) is 32.3. The summed E-state index contributed by atoms with van der Waals surface area (Å²) >= 11 is 2.91. The molecule has 5 aromatic rings. The molecule has 5 amide bonds. The molecule has 2 heterocycles. The van der Waals surface area contributed by atoms with Crippen molar-refractivity contribution in [1.82, 2.24) is 26.6 Å². The third-order valence-corrected chi connectivity index (χ3v) is 18.4. The summed E-state index contributed by atoms with van der Waals surface area (Å²) in [4.78, 5) is 102. The van der Waals surface area contributed by atoms with Crippen molar-refractivity contribution in [2.45, 2.75) is 131 Å². The molecule has 2 aliphatic rings. The summed E-state index contributed by atoms with van der Waals surface area (Å²) in [6.45, 7) is 1.79. The van der Waals surface area contributed by atoms with Gasteiger partial charge >= 0.3 is 59.1 Å². The fourth-order valence-corrected chi connectivity index (χ4v) is 12.7. The molecule has 31 heteroatoms. The predicted molar refractivity (Wildman–Crippen MR) is 364 cm³/mol. The Balaban J connectivity index is 0.00000721. The molecule has 538 valence electrons. The first-order chi connectivity index (χ1) is 47.1. The van der Waals surface area contributed by atoms with Crippen LogP contribution in [0.1, 0.15) is 100 Å². The fourth-order valence-electron chi connectivity index (χ4n) is 11.0. The van der Waals surface area contributed by atoms with Crippen LogP contribution in [-0.4, -0.2) is 225 Å². The summed E-state index contributed by atoms with van der Waals surface area (Å²) in [6, 6.07) is 34.3. The van der Waals surface area contributed by atoms with Crippen LogP contribution in [0.5, 0.6) is 5.75 Å². The van der Waals surface area contributed by atoms with Crippen LogP contribution >= 0.6 is 23.5 Å². The number of Topliss-reactive ketones (excluding diaryl/α,β-unsaturated/α-hetero) is 1. The first-order valence-corrected chi connectivity index (χ1v) is 34.6. The molecule has 0 unspecified atom stereocenters. The fraction of sp³-hybridized carbons (Fsp3) is 0.457. The Morgan fingerprint density at radius 1 is 0.594 bits per heavy atom. The molecule has 0 saturated carbocycles. The van der Waals surface area contributed by atoms with Crippen LogP contribution in [0, 0.1) is 0 Å². The largest absolute Gasteiger partial charge is 1.00 e. The minimum absolute atomic E-state index is 0. The Bertz CT molecular complexity index is 3430. The number of carbonyl (C=O) groups excluding carboxylic acids is 8. The van der Waals surface area contributed by atoms with Gasteiger partial charge in [-0.2, -0.15) is 23.5 Å². The molecule has 14 N–H and O–H groups in total. The Morgan fingerprint density at radius 3 is 1.54 bits per heavy atom. The Kier molecular flexibility index (Phi) is 38.3. The van der Waals surface area contributed by atoms with Gasteiger partial charge in [0, 0.05) is 81.8 Å². The van der Waals surface area contributed by atoms with Crippen LogP contribution in [0.25, 0.3) is 22.3 Å². The van der Waals surface area contributed by atoms with Gasteiger partial charge in [-0.05, 0) is 114 Å². The molecule has 27 nitrogen and oxygen atoms in total. The molecule has 2 saturated heterocycles. The first kappa shape index (κ1) is 87.7. The molecule has 2 fully saturated rings. The maximum absolute atomic E-state index is 13.6. The molecule has 101 heavy (non-hydrogen) atoms. The number of ether oxygens (including phenoxy) is 5. The molecule has 5 aromatic carbocycles. The number of aliphatic carboxylic acids is 1. The summed E-state index contributed by atoms with van der Waals surface area (Å²) in [5.74, 6) is -7.60. The minimum Gasteiger partial charge on any atom is -0.870 e. The summed E-state index contributed by atoms with van der Waals surface area (Å²) in [5.41, 5.74) is 10.4. The second-order valence-electron chi connectivity index (χ2n) is 23.6. The number of carboxylic acid groups (broad SMARTS) is 1. The van der Waals surface area contributed by atoms with Crippen LogP contribution < -0.4 is 101 Å². The Morgan fingerprint density at radius 2 is 1.05 bits per heavy atom. The standard InChI is InChI=1S/C70H87N6O20S2.2Na.H2O/c1-43(78)75-59-54(81)38-69(42-77,95-63(59)61(85)56(83)40-73-65(87)49-22-18-47(19-23-49)45-13-5-3-6-14-45)93-31-11-35-98-36-29-72-67(89)51-26-27-52(58(37-51)92-30-10-28-71)53(80)17-9-33-97-34-12-32-94-70(68(90)91)39-55(82)60(76-44(2)79)64(96-70)62(86)57(84)41-74-66(88)50-24-20-48(21-25-50)46-15-7-4-8-16-46;;;/h3-8,13-16,18-27,37,54-57,59-64,81-86H,9-12,17,28-36,38-41,71H2,1-2H3,(H,72,89)(H,73,87)(H,74,88)(H,75,78)(H,76,79)(H,90,91);;;1H2/q-1;2*+1;/p-2/t54-,55-,56+,57+,59+,60+,61+,62+,63+,64+,69+,70+;;;/m0.../s1. The number of nitrogens with two attached hydrogens (primary N) is 1. The number of hydrogen-bond donors (Lipinski definition) is 12. The number of ketones is 1. The van der Waals surface area contributed by atoms with Gasteiger partial charge < -0.3 is 107 Å². The molecule has 0 aliphatic carbocycles. The third kappa shape index (κ3) is 26.1. The van der Waals surface area contributed by atoms with Crippen molar-refractivity contribution in [1.29, 1.82) is 0 Å². The zero-order chi connectivity index (χ0) is 70.8. The van der Waals surface area contributed by atoms with Crippen molar-refractivity contribution >= 4 is 71.1 Å². The van der Waals surface area contributed by atoms with Crippen molar-refractivity contribution in [2.24, 2.45) is 5.73 Å². The van der Waals surface area contributed by atoms with E-state index in [1.165, 1.54) is 48.6 Å². The zero-order valence-electron chi connectivity index (χ0n) is 56.9. The van der Waals surface area contributed by atoms with Crippen LogP contribution in [0.4, 0.5) is 0 Å². The Hall–Kier alpha value is -5.72. The van der Waals surface area contributed by atoms with Crippen molar-refractivity contribution < 1.29 is 162 Å². The Labute approximate surface area is 638 Å². The van der Waals surface area contributed by atoms with E-state index in [2.05, 4.69) is 26.6 Å². The van der Waals surface area contributed by atoms with E-state index in [4.69, 9.17) is 29.4 Å². The van der Waals surface area contributed by atoms with Gasteiger partial charge in [-0.3, -0.25) is 28.8 Å². The maximum Gasteiger partial charge on any atom is 1.00 e. The smallest absolute Gasteiger partial charge is 0.870 e. The molecular weight excluding hydrogens is 1370 g/mol. The van der Waals surface area contributed by atoms with Crippen LogP contribution in [0.15, 0.2) is 127 Å². The SMILES string of the molecule is CC(=O)N[C@H]1[C@H]([C@H](O)[C@H](O)CNC(=O)c2ccc(-c3ccccc3)cc2)O[C@]([C-]=O)(OCCCSCCNC(=O)c2ccc(C(=O)CCCSCCCO[C@]3(C(=O)[O-])C[C@H](O)[C@@H](NC(C)=O)[C@H]([C@H](O)[C@H](O)CNC(=O)c4ccc(-c5ccccc5)cc4)O3)c(OCCCN)c2)C[C@@H]1O.[Na+].[Na+].[OH-]. The molecule has 0 radical (unpaired) electrons. The average Bonchev–Trinajstić information content (AvgIpc) is 0.781. The molecular formula is C70H87N6Na2O21S2-. The normalized spacial score (nSPS) is 21.2. The maximum atomic E-state index is 13.6. The number of aliphatic hydroxyl groups is 6. The monoisotopic (exact) mass is 1460 g/mol. The van der Waals surface area contributed by atoms with Crippen molar-refractivity contribution in [3.63, 3.8) is 0 Å². The van der Waals surface area contributed by atoms with Crippen molar-refractivity contribution in [3.8, 4) is 28.0 Å². The molecule has 0 aromatic heterocycles. The molecule has 7 rings (SSSR count). The van der Waals surface area contributed by atoms with Crippen molar-refractivity contribution in [3.05, 3.63) is 150 Å². The number of aliphatic hydroxyl groups excluding tert-OH is 6. The van der Waals surface area contributed by atoms with Gasteiger partial charge in [0.2, 0.25) is 17.6 Å². The number of rotatable bonds is 39. The molecule has 2 aliphatic heterocycles. The number of hydrogen-bond acceptors (Lipinski definition) is 24. The zero-order valence-corrected chi connectivity index (χ0v) is 62.5. The van der Waals surface area contributed by atoms with Gasteiger partial charge in [-0.1, -0.05) is 84.9 Å². The van der Waals surface area contributed by atoms with E-state index in [0.717, 1.165) is 29.2 Å². The molecule has 0 spiro atoms. The number of nitrogens with one attached hydrogen (secondary N) is 5. The van der Waals surface area contributed by atoms with Gasteiger partial charge in [0.1, 0.15) is 36.1 Å². The second-order valence-corrected chi connectivity index (χ2v) is 26.0. The molecule has 0 bridgehead atoms. The van der Waals surface area contributed by atoms with Gasteiger partial charge in [0.25, 0.3) is 17.7 Å². The van der Waals surface area contributed by atoms with E-state index < -0.39 is 134 Å². The van der Waals surface area contributed by atoms with E-state index in [9.17, 15) is 74.1 Å². The van der Waals surface area contributed by atoms with Crippen LogP contribution in [0.2, 0.25) is 0 Å². The summed E-state index contributed by atoms with van der Waals surface area (Å²) < 4.78 is 29.2. The summed E-state index contributed by atoms with van der Waals surface area (Å²) in [5, 5.41) is 92.7. The number of amides is 5. The van der Waals surface area contributed by atoms with Gasteiger partial charge in [0.05, 0.1) is 61.1 Å².